The first-order chi connectivity index (χ1) is 7.88. The van der Waals surface area contributed by atoms with Gasteiger partial charge in [0.15, 0.2) is 5.96 Å². The molecular formula is C14H28IN3. The van der Waals surface area contributed by atoms with Crippen molar-refractivity contribution >= 4 is 29.9 Å². The second-order valence-corrected chi connectivity index (χ2v) is 6.74. The maximum atomic E-state index is 4.42. The van der Waals surface area contributed by atoms with Gasteiger partial charge in [-0.1, -0.05) is 26.7 Å². The summed E-state index contributed by atoms with van der Waals surface area (Å²) in [6, 6.07) is 0. The minimum Gasteiger partial charge on any atom is -0.356 e. The number of hydrogen-bond acceptors (Lipinski definition) is 1. The van der Waals surface area contributed by atoms with E-state index in [-0.39, 0.29) is 29.5 Å². The molecule has 106 valence electrons. The minimum atomic E-state index is 0. The van der Waals surface area contributed by atoms with Crippen molar-refractivity contribution < 1.29 is 0 Å². The van der Waals surface area contributed by atoms with Gasteiger partial charge in [0, 0.05) is 31.1 Å². The van der Waals surface area contributed by atoms with Crippen LogP contribution in [0.15, 0.2) is 4.99 Å². The van der Waals surface area contributed by atoms with Crippen LogP contribution in [0, 0.1) is 11.3 Å². The molecule has 4 heteroatoms. The Bertz CT molecular complexity index is 319. The molecule has 1 aliphatic heterocycles. The third-order valence-electron chi connectivity index (χ3n) is 4.88. The molecule has 0 atom stereocenters. The molecule has 2 fully saturated rings. The summed E-state index contributed by atoms with van der Waals surface area (Å²) in [5, 5.41) is 3.51. The maximum absolute atomic E-state index is 4.42. The molecule has 0 aromatic rings. The number of rotatable bonds is 3. The van der Waals surface area contributed by atoms with Crippen molar-refractivity contribution in [2.75, 3.05) is 20.1 Å². The van der Waals surface area contributed by atoms with Crippen LogP contribution in [0.5, 0.6) is 0 Å². The molecule has 0 radical (unpaired) electrons. The highest BCUT2D eigenvalue weighted by molar-refractivity contribution is 14.0. The molecule has 1 N–H and O–H groups in total. The lowest BCUT2D eigenvalue weighted by Gasteiger charge is -2.62. The number of nitrogens with one attached hydrogen (secondary N) is 1. The van der Waals surface area contributed by atoms with Crippen molar-refractivity contribution in [3.05, 3.63) is 0 Å². The van der Waals surface area contributed by atoms with Gasteiger partial charge in [0.2, 0.25) is 0 Å². The third-order valence-corrected chi connectivity index (χ3v) is 4.88. The predicted octanol–water partition coefficient (Wildman–Crippen LogP) is 3.10. The van der Waals surface area contributed by atoms with Crippen LogP contribution in [-0.2, 0) is 0 Å². The molecule has 1 saturated carbocycles. The van der Waals surface area contributed by atoms with Crippen LogP contribution in [0.3, 0.4) is 0 Å². The number of guanidine groups is 1. The van der Waals surface area contributed by atoms with E-state index in [2.05, 4.69) is 42.9 Å². The summed E-state index contributed by atoms with van der Waals surface area (Å²) in [6.07, 6.45) is 4.17. The predicted molar refractivity (Wildman–Crippen MR) is 88.7 cm³/mol. The third kappa shape index (κ3) is 2.94. The first-order valence-electron chi connectivity index (χ1n) is 6.87. The molecule has 0 spiro atoms. The molecule has 0 aromatic heterocycles. The quantitative estimate of drug-likeness (QED) is 0.473. The van der Waals surface area contributed by atoms with Crippen LogP contribution in [0.1, 0.15) is 47.0 Å². The number of likely N-dealkylation sites (tertiary alicyclic amines) is 1. The average Bonchev–Trinajstić information content (AvgIpc) is 3.06. The van der Waals surface area contributed by atoms with Crippen molar-refractivity contribution in [3.8, 4) is 0 Å². The van der Waals surface area contributed by atoms with Gasteiger partial charge in [-0.05, 0) is 26.2 Å². The van der Waals surface area contributed by atoms with Gasteiger partial charge in [0.25, 0.3) is 0 Å². The van der Waals surface area contributed by atoms with Crippen LogP contribution in [0.4, 0.5) is 0 Å². The summed E-state index contributed by atoms with van der Waals surface area (Å²) in [5.41, 5.74) is 0.579. The van der Waals surface area contributed by atoms with E-state index in [4.69, 9.17) is 0 Å². The normalized spacial score (nSPS) is 25.2. The van der Waals surface area contributed by atoms with Gasteiger partial charge in [0.05, 0.1) is 0 Å². The number of hydrogen-bond donors (Lipinski definition) is 1. The van der Waals surface area contributed by atoms with Gasteiger partial charge in [0.1, 0.15) is 0 Å². The van der Waals surface area contributed by atoms with E-state index in [0.29, 0.717) is 5.41 Å². The van der Waals surface area contributed by atoms with Crippen LogP contribution < -0.4 is 5.32 Å². The Balaban J connectivity index is 0.00000162. The highest BCUT2D eigenvalue weighted by Crippen LogP contribution is 2.46. The Labute approximate surface area is 129 Å². The lowest BCUT2D eigenvalue weighted by atomic mass is 9.65. The molecule has 2 rings (SSSR count). The van der Waals surface area contributed by atoms with E-state index in [1.54, 1.807) is 0 Å². The van der Waals surface area contributed by atoms with Crippen molar-refractivity contribution in [1.29, 1.82) is 0 Å². The Morgan fingerprint density at radius 2 is 1.89 bits per heavy atom. The molecule has 18 heavy (non-hydrogen) atoms. The summed E-state index contributed by atoms with van der Waals surface area (Å²) >= 11 is 0. The van der Waals surface area contributed by atoms with Crippen molar-refractivity contribution in [2.45, 2.75) is 52.5 Å². The monoisotopic (exact) mass is 365 g/mol. The number of nitrogens with zero attached hydrogens (tertiary/aromatic N) is 2. The first-order valence-corrected chi connectivity index (χ1v) is 6.87. The van der Waals surface area contributed by atoms with E-state index in [1.165, 1.54) is 19.3 Å². The fourth-order valence-electron chi connectivity index (χ4n) is 2.49. The lowest BCUT2D eigenvalue weighted by Crippen LogP contribution is -2.72. The smallest absolute Gasteiger partial charge is 0.194 e. The van der Waals surface area contributed by atoms with E-state index >= 15 is 0 Å². The summed E-state index contributed by atoms with van der Waals surface area (Å²) < 4.78 is 0. The standard InChI is InChI=1S/C14H27N3.HI/c1-13(2)10-17(14(13,3)4)12(15-5)16-9-8-11-6-7-11;/h11H,6-10H2,1-5H3,(H,15,16);1H. The zero-order chi connectivity index (χ0) is 12.7. The molecule has 0 aromatic carbocycles. The summed E-state index contributed by atoms with van der Waals surface area (Å²) in [7, 11) is 1.89. The topological polar surface area (TPSA) is 27.6 Å². The molecular weight excluding hydrogens is 337 g/mol. The van der Waals surface area contributed by atoms with E-state index in [1.807, 2.05) is 7.05 Å². The molecule has 0 amide bonds. The Morgan fingerprint density at radius 1 is 1.28 bits per heavy atom. The van der Waals surface area contributed by atoms with Crippen molar-refractivity contribution in [2.24, 2.45) is 16.3 Å². The minimum absolute atomic E-state index is 0. The van der Waals surface area contributed by atoms with E-state index in [0.717, 1.165) is 25.0 Å². The molecule has 1 aliphatic carbocycles. The summed E-state index contributed by atoms with van der Waals surface area (Å²) in [4.78, 5) is 6.82. The fraction of sp³-hybridized carbons (Fsp3) is 0.929. The molecule has 2 aliphatic rings. The highest BCUT2D eigenvalue weighted by atomic mass is 127. The van der Waals surface area contributed by atoms with E-state index in [9.17, 15) is 0 Å². The molecule has 1 saturated heterocycles. The van der Waals surface area contributed by atoms with Crippen LogP contribution >= 0.6 is 24.0 Å². The molecule has 3 nitrogen and oxygen atoms in total. The first kappa shape index (κ1) is 16.1. The number of halogens is 1. The van der Waals surface area contributed by atoms with Crippen molar-refractivity contribution in [3.63, 3.8) is 0 Å². The average molecular weight is 365 g/mol. The fourth-order valence-corrected chi connectivity index (χ4v) is 2.49. The molecule has 1 heterocycles. The Morgan fingerprint density at radius 3 is 2.28 bits per heavy atom. The van der Waals surface area contributed by atoms with Crippen LogP contribution in [0.25, 0.3) is 0 Å². The van der Waals surface area contributed by atoms with Gasteiger partial charge in [-0.3, -0.25) is 4.99 Å². The molecule has 0 bridgehead atoms. The van der Waals surface area contributed by atoms with Gasteiger partial charge < -0.3 is 10.2 Å². The van der Waals surface area contributed by atoms with Gasteiger partial charge in [-0.15, -0.1) is 24.0 Å². The maximum Gasteiger partial charge on any atom is 0.194 e. The lowest BCUT2D eigenvalue weighted by molar-refractivity contribution is -0.0667. The van der Waals surface area contributed by atoms with Gasteiger partial charge in [-0.2, -0.15) is 0 Å². The SMILES string of the molecule is CN=C(NCCC1CC1)N1CC(C)(C)C1(C)C.I. The Hall–Kier alpha value is 0. The summed E-state index contributed by atoms with van der Waals surface area (Å²) in [6.45, 7) is 11.5. The second kappa shape index (κ2) is 5.55. The van der Waals surface area contributed by atoms with Crippen LogP contribution in [-0.4, -0.2) is 36.5 Å². The summed E-state index contributed by atoms with van der Waals surface area (Å²) in [5.74, 6) is 2.07. The number of aliphatic imine (C=N–C) groups is 1. The van der Waals surface area contributed by atoms with E-state index < -0.39 is 0 Å². The zero-order valence-corrected chi connectivity index (χ0v) is 14.7. The van der Waals surface area contributed by atoms with Gasteiger partial charge >= 0.3 is 0 Å². The Kier molecular flexibility index (Phi) is 4.95. The van der Waals surface area contributed by atoms with Crippen molar-refractivity contribution in [1.82, 2.24) is 10.2 Å². The van der Waals surface area contributed by atoms with Crippen LogP contribution in [0.2, 0.25) is 0 Å². The highest BCUT2D eigenvalue weighted by Gasteiger charge is 2.53. The zero-order valence-electron chi connectivity index (χ0n) is 12.4. The largest absolute Gasteiger partial charge is 0.356 e. The molecule has 0 unspecified atom stereocenters. The second-order valence-electron chi connectivity index (χ2n) is 6.74. The van der Waals surface area contributed by atoms with Gasteiger partial charge in [-0.25, -0.2) is 0 Å².